The number of hydrogen-bond donors (Lipinski definition) is 2. The van der Waals surface area contributed by atoms with Crippen molar-refractivity contribution in [2.24, 2.45) is 0 Å². The maximum absolute atomic E-state index is 12.9. The smallest absolute Gasteiger partial charge is 0.241 e. The number of alkyl halides is 3. The number of halogens is 5. The van der Waals surface area contributed by atoms with Crippen LogP contribution in [0, 0.1) is 11.6 Å². The molecule has 4 N–H and O–H groups in total. The van der Waals surface area contributed by atoms with Crippen LogP contribution in [0.3, 0.4) is 0 Å². The Bertz CT molecular complexity index is 676. The minimum atomic E-state index is -1.48. The third kappa shape index (κ3) is 8.78. The van der Waals surface area contributed by atoms with Crippen molar-refractivity contribution >= 4 is 83.2 Å². The van der Waals surface area contributed by atoms with Crippen molar-refractivity contribution in [1.29, 1.82) is 0 Å². The molecule has 0 aliphatic carbocycles. The lowest BCUT2D eigenvalue weighted by Gasteiger charge is -2.09. The van der Waals surface area contributed by atoms with Crippen LogP contribution in [0.1, 0.15) is 1.43 Å². The highest BCUT2D eigenvalue weighted by molar-refractivity contribution is 8.04. The molecule has 2 aromatic carbocycles. The van der Waals surface area contributed by atoms with Crippen molar-refractivity contribution < 1.29 is 10.2 Å². The van der Waals surface area contributed by atoms with Crippen LogP contribution in [0.15, 0.2) is 46.2 Å². The van der Waals surface area contributed by atoms with Crippen LogP contribution in [0.25, 0.3) is 0 Å². The van der Waals surface area contributed by atoms with Crippen LogP contribution < -0.4 is 11.5 Å². The Morgan fingerprint density at radius 2 is 1.33 bits per heavy atom. The normalized spacial score (nSPS) is 10.4. The lowest BCUT2D eigenvalue weighted by molar-refractivity contribution is 0.628. The third-order valence-electron chi connectivity index (χ3n) is 2.41. The fourth-order valence-electron chi connectivity index (χ4n) is 1.34. The summed E-state index contributed by atoms with van der Waals surface area (Å²) < 4.78 is 24.0. The zero-order chi connectivity index (χ0) is 17.6. The highest BCUT2D eigenvalue weighted by Crippen LogP contribution is 2.43. The molecule has 0 atom stereocenters. The number of benzene rings is 2. The summed E-state index contributed by atoms with van der Waals surface area (Å²) in [6.07, 6.45) is 1.89. The molecule has 136 valence electrons. The molecular formula is C14H15Cl3F2N2S3-2. The van der Waals surface area contributed by atoms with Gasteiger partial charge in [-0.3, -0.25) is 0 Å². The molecule has 2 nitrogen and oxygen atoms in total. The van der Waals surface area contributed by atoms with Crippen LogP contribution in [-0.4, -0.2) is 9.38 Å². The van der Waals surface area contributed by atoms with Gasteiger partial charge in [0.05, 0.1) is 11.4 Å². The fraction of sp³-hybridized carbons (Fsp3) is 0.143. The highest BCUT2D eigenvalue weighted by Gasteiger charge is 2.21. The quantitative estimate of drug-likeness (QED) is 0.199. The van der Waals surface area contributed by atoms with Crippen LogP contribution in [0.2, 0.25) is 0 Å². The van der Waals surface area contributed by atoms with E-state index < -0.39 is 8.94 Å². The Kier molecular flexibility index (Phi) is 10.7. The van der Waals surface area contributed by atoms with E-state index in [4.69, 9.17) is 46.3 Å². The number of anilines is 2. The Morgan fingerprint density at radius 1 is 0.917 bits per heavy atom. The van der Waals surface area contributed by atoms with Crippen molar-refractivity contribution in [3.8, 4) is 0 Å². The highest BCUT2D eigenvalue weighted by atomic mass is 35.6. The van der Waals surface area contributed by atoms with Crippen LogP contribution in [0.4, 0.5) is 20.2 Å². The molecule has 0 saturated heterocycles. The molecule has 0 unspecified atom stereocenters. The molecule has 2 rings (SSSR count). The lowest BCUT2D eigenvalue weighted by atomic mass is 10.3. The molecule has 0 saturated carbocycles. The van der Waals surface area contributed by atoms with Gasteiger partial charge in [-0.2, -0.15) is 0 Å². The predicted octanol–water partition coefficient (Wildman–Crippen LogP) is 5.80. The molecule has 0 spiro atoms. The molecule has 0 aromatic heterocycles. The zero-order valence-corrected chi connectivity index (χ0v) is 17.1. The van der Waals surface area contributed by atoms with E-state index in [9.17, 15) is 8.78 Å². The SMILES string of the molecule is CSc1ccc(N)c(F)c1.Nc1ccc(SC(Cl)(Cl)Cl)cc1F.[H-].[SH-]. The molecule has 0 bridgehead atoms. The van der Waals surface area contributed by atoms with Crippen molar-refractivity contribution in [2.75, 3.05) is 17.7 Å². The van der Waals surface area contributed by atoms with Gasteiger partial charge in [-0.1, -0.05) is 46.6 Å². The van der Waals surface area contributed by atoms with E-state index in [2.05, 4.69) is 0 Å². The summed E-state index contributed by atoms with van der Waals surface area (Å²) in [5, 5.41) is 0. The summed E-state index contributed by atoms with van der Waals surface area (Å²) in [4.78, 5) is 1.42. The Labute approximate surface area is 171 Å². The molecule has 0 aliphatic rings. The third-order valence-corrected chi connectivity index (χ3v) is 4.55. The van der Waals surface area contributed by atoms with E-state index in [1.165, 1.54) is 30.0 Å². The van der Waals surface area contributed by atoms with Crippen molar-refractivity contribution in [2.45, 2.75) is 12.9 Å². The summed E-state index contributed by atoms with van der Waals surface area (Å²) in [5.74, 6) is -0.855. The first-order valence-electron chi connectivity index (χ1n) is 6.02. The Morgan fingerprint density at radius 3 is 1.71 bits per heavy atom. The van der Waals surface area contributed by atoms with Crippen LogP contribution in [-0.2, 0) is 13.5 Å². The largest absolute Gasteiger partial charge is 1.00 e. The molecule has 0 aliphatic heterocycles. The second-order valence-electron chi connectivity index (χ2n) is 4.12. The number of hydrogen-bond acceptors (Lipinski definition) is 5. The summed E-state index contributed by atoms with van der Waals surface area (Å²) in [6.45, 7) is 0. The predicted molar refractivity (Wildman–Crippen MR) is 109 cm³/mol. The van der Waals surface area contributed by atoms with Gasteiger partial charge in [0.1, 0.15) is 11.6 Å². The molecule has 0 amide bonds. The van der Waals surface area contributed by atoms with E-state index in [0.29, 0.717) is 4.90 Å². The average Bonchev–Trinajstić information content (AvgIpc) is 2.45. The van der Waals surface area contributed by atoms with Gasteiger partial charge < -0.3 is 26.4 Å². The van der Waals surface area contributed by atoms with Gasteiger partial charge in [0, 0.05) is 9.79 Å². The molecule has 2 aromatic rings. The van der Waals surface area contributed by atoms with E-state index >= 15 is 0 Å². The monoisotopic (exact) mass is 450 g/mol. The molecule has 0 radical (unpaired) electrons. The van der Waals surface area contributed by atoms with Gasteiger partial charge >= 0.3 is 0 Å². The Balaban J connectivity index is 0. The van der Waals surface area contributed by atoms with Gasteiger partial charge in [-0.05, 0) is 42.7 Å². The second-order valence-corrected chi connectivity index (χ2v) is 9.24. The standard InChI is InChI=1S/C7H5Cl3FNS.C7H8FNS.H2S.H/c8-7(9,10)13-4-1-2-6(12)5(11)3-4;1-10-5-2-3-7(9)6(8)4-5;;/h1-3H,12H2;2-4H,9H2,1H3;1H2;/q;;;-1/p-1. The molecule has 10 heteroatoms. The first-order valence-corrected chi connectivity index (χ1v) is 9.19. The first kappa shape index (κ1) is 23.8. The summed E-state index contributed by atoms with van der Waals surface area (Å²) >= 11 is 18.9. The van der Waals surface area contributed by atoms with Crippen molar-refractivity contribution in [3.05, 3.63) is 48.0 Å². The summed E-state index contributed by atoms with van der Waals surface area (Å²) in [6, 6.07) is 9.03. The molecular weight excluding hydrogens is 437 g/mol. The van der Waals surface area contributed by atoms with Crippen molar-refractivity contribution in [1.82, 2.24) is 0 Å². The maximum Gasteiger partial charge on any atom is 0.241 e. The number of thiol groups is 1. The fourth-order valence-corrected chi connectivity index (χ4v) is 3.13. The number of thioether (sulfide) groups is 2. The topological polar surface area (TPSA) is 52.0 Å². The van der Waals surface area contributed by atoms with Crippen molar-refractivity contribution in [3.63, 3.8) is 0 Å². The maximum atomic E-state index is 12.9. The van der Waals surface area contributed by atoms with E-state index in [0.717, 1.165) is 16.7 Å². The van der Waals surface area contributed by atoms with Gasteiger partial charge in [0.25, 0.3) is 0 Å². The van der Waals surface area contributed by atoms with Gasteiger partial charge in [-0.25, -0.2) is 8.78 Å². The minimum absolute atomic E-state index is 0. The number of nitrogen functional groups attached to an aromatic ring is 2. The molecule has 24 heavy (non-hydrogen) atoms. The second kappa shape index (κ2) is 10.7. The first-order chi connectivity index (χ1) is 10.6. The zero-order valence-electron chi connectivity index (χ0n) is 13.3. The summed E-state index contributed by atoms with van der Waals surface area (Å²) in [7, 11) is 0. The summed E-state index contributed by atoms with van der Waals surface area (Å²) in [5.41, 5.74) is 10.8. The van der Waals surface area contributed by atoms with Gasteiger partial charge in [-0.15, -0.1) is 11.8 Å². The van der Waals surface area contributed by atoms with E-state index in [1.54, 1.807) is 18.2 Å². The van der Waals surface area contributed by atoms with Gasteiger partial charge in [0.15, 0.2) is 0 Å². The molecule has 0 heterocycles. The van der Waals surface area contributed by atoms with Crippen LogP contribution >= 0.6 is 58.3 Å². The number of rotatable bonds is 2. The van der Waals surface area contributed by atoms with E-state index in [1.807, 2.05) is 6.26 Å². The minimum Gasteiger partial charge on any atom is -1.00 e. The van der Waals surface area contributed by atoms with E-state index in [-0.39, 0.29) is 32.1 Å². The number of nitrogens with two attached hydrogens (primary N) is 2. The average molecular weight is 452 g/mol. The molecule has 0 fully saturated rings. The van der Waals surface area contributed by atoms with Gasteiger partial charge in [0.2, 0.25) is 3.12 Å². The Hall–Kier alpha value is -0.180. The van der Waals surface area contributed by atoms with Crippen LogP contribution in [0.5, 0.6) is 0 Å². The lowest BCUT2D eigenvalue weighted by Crippen LogP contribution is -1.95.